The fraction of sp³-hybridized carbons (Fsp3) is 0.227. The van der Waals surface area contributed by atoms with Gasteiger partial charge >= 0.3 is 0 Å². The molecule has 1 aliphatic heterocycles. The number of nitrogens with two attached hydrogens (primary N) is 1. The number of aliphatic imine (C=N–C) groups is 1. The van der Waals surface area contributed by atoms with Crippen molar-refractivity contribution in [2.45, 2.75) is 11.4 Å². The van der Waals surface area contributed by atoms with E-state index in [1.807, 2.05) is 36.4 Å². The van der Waals surface area contributed by atoms with Gasteiger partial charge < -0.3 is 0 Å². The van der Waals surface area contributed by atoms with Crippen LogP contribution in [-0.4, -0.2) is 62.1 Å². The van der Waals surface area contributed by atoms with E-state index >= 15 is 0 Å². The van der Waals surface area contributed by atoms with Gasteiger partial charge in [-0.2, -0.15) is 18.6 Å². The molecule has 3 aromatic rings. The van der Waals surface area contributed by atoms with E-state index in [-0.39, 0.29) is 17.5 Å². The first-order valence-electron chi connectivity index (χ1n) is 10.7. The molecule has 0 saturated heterocycles. The first kappa shape index (κ1) is 27.3. The highest BCUT2D eigenvalue weighted by atomic mass is 35.5. The predicted molar refractivity (Wildman–Crippen MR) is 140 cm³/mol. The van der Waals surface area contributed by atoms with Crippen LogP contribution < -0.4 is 9.86 Å². The summed E-state index contributed by atoms with van der Waals surface area (Å²) in [4.78, 5) is 4.08. The predicted octanol–water partition coefficient (Wildman–Crippen LogP) is 1.79. The molecule has 0 atom stereocenters. The second-order valence-corrected chi connectivity index (χ2v) is 11.4. The van der Waals surface area contributed by atoms with Crippen LogP contribution in [-0.2, 0) is 27.1 Å². The Morgan fingerprint density at radius 1 is 1.06 bits per heavy atom. The van der Waals surface area contributed by atoms with Crippen LogP contribution in [0.3, 0.4) is 0 Å². The Balaban J connectivity index is 0.000000526. The number of aromatic nitrogens is 2. The van der Waals surface area contributed by atoms with E-state index in [9.17, 15) is 16.8 Å². The van der Waals surface area contributed by atoms with Crippen LogP contribution in [0.5, 0.6) is 0 Å². The summed E-state index contributed by atoms with van der Waals surface area (Å²) >= 11 is 5.91. The zero-order valence-corrected chi connectivity index (χ0v) is 21.8. The summed E-state index contributed by atoms with van der Waals surface area (Å²) in [5.74, 6) is -0.558. The van der Waals surface area contributed by atoms with E-state index in [0.29, 0.717) is 23.7 Å². The highest BCUT2D eigenvalue weighted by Gasteiger charge is 2.26. The van der Waals surface area contributed by atoms with Gasteiger partial charge in [0.15, 0.2) is 5.03 Å². The Morgan fingerprint density at radius 3 is 2.19 bits per heavy atom. The minimum absolute atomic E-state index is 0.117. The Labute approximate surface area is 215 Å². The van der Waals surface area contributed by atoms with E-state index < -0.39 is 25.8 Å². The van der Waals surface area contributed by atoms with Gasteiger partial charge in [0.2, 0.25) is 16.0 Å². The molecule has 2 heterocycles. The van der Waals surface area contributed by atoms with Crippen molar-refractivity contribution in [3.05, 3.63) is 83.5 Å². The van der Waals surface area contributed by atoms with Crippen molar-refractivity contribution in [1.82, 2.24) is 19.5 Å². The molecule has 0 spiro atoms. The Kier molecular flexibility index (Phi) is 9.20. The summed E-state index contributed by atoms with van der Waals surface area (Å²) < 4.78 is 51.4. The third-order valence-corrected chi connectivity index (χ3v) is 6.94. The lowest BCUT2D eigenvalue weighted by Crippen LogP contribution is -2.41. The van der Waals surface area contributed by atoms with Gasteiger partial charge in [0, 0.05) is 24.7 Å². The number of sulfonamides is 2. The fourth-order valence-electron chi connectivity index (χ4n) is 2.99. The molecule has 0 fully saturated rings. The van der Waals surface area contributed by atoms with Crippen molar-refractivity contribution in [3.63, 3.8) is 0 Å². The standard InChI is InChI=1S/C16H20ClN7O4S2.C6H6/c1-23-9-7-15(21-23)30(27,28)22-16(19-8-11-29(18,25)26)24-10-6-14(20-24)12-2-4-13(17)5-3-12;1-2-4-6-5-3-1/h2-5,7,9H,6,8,10-11H2,1H3,(H,19,22)(H2,18,25,26);1-6H. The molecule has 4 rings (SSSR count). The Bertz CT molecular complexity index is 1400. The smallest absolute Gasteiger partial charge is 0.274 e. The molecule has 14 heteroatoms. The largest absolute Gasteiger partial charge is 0.283 e. The molecular weight excluding hydrogens is 526 g/mol. The molecule has 0 radical (unpaired) electrons. The molecule has 0 unspecified atom stereocenters. The Hall–Kier alpha value is -3.26. The van der Waals surface area contributed by atoms with Crippen LogP contribution in [0.1, 0.15) is 12.0 Å². The SMILES string of the molecule is Cn1ccc(S(=O)(=O)NC(=NCCS(N)(=O)=O)N2CCC(c3ccc(Cl)cc3)=N2)n1.c1ccccc1. The highest BCUT2D eigenvalue weighted by Crippen LogP contribution is 2.17. The van der Waals surface area contributed by atoms with Crippen LogP contribution in [0.25, 0.3) is 0 Å². The molecular formula is C22H26ClN7O4S2. The summed E-state index contributed by atoms with van der Waals surface area (Å²) in [6, 6.07) is 20.4. The number of hydrogen-bond donors (Lipinski definition) is 2. The first-order chi connectivity index (χ1) is 17.0. The monoisotopic (exact) mass is 551 g/mol. The summed E-state index contributed by atoms with van der Waals surface area (Å²) in [6.07, 6.45) is 2.01. The average Bonchev–Trinajstić information content (AvgIpc) is 3.50. The van der Waals surface area contributed by atoms with Gasteiger partial charge in [-0.05, 0) is 23.8 Å². The fourth-order valence-corrected chi connectivity index (χ4v) is 4.46. The van der Waals surface area contributed by atoms with Gasteiger partial charge in [0.05, 0.1) is 24.6 Å². The molecule has 2 aromatic carbocycles. The number of hydrogen-bond acceptors (Lipinski definition) is 7. The molecule has 0 aliphatic carbocycles. The second-order valence-electron chi connectivity index (χ2n) is 7.59. The molecule has 11 nitrogen and oxygen atoms in total. The molecule has 0 bridgehead atoms. The summed E-state index contributed by atoms with van der Waals surface area (Å²) in [6.45, 7) is 0.109. The van der Waals surface area contributed by atoms with Crippen LogP contribution >= 0.6 is 11.6 Å². The molecule has 36 heavy (non-hydrogen) atoms. The van der Waals surface area contributed by atoms with Gasteiger partial charge in [0.25, 0.3) is 10.0 Å². The zero-order valence-electron chi connectivity index (χ0n) is 19.4. The number of nitrogens with zero attached hydrogens (tertiary/aromatic N) is 5. The molecule has 0 saturated carbocycles. The summed E-state index contributed by atoms with van der Waals surface area (Å²) in [7, 11) is -6.23. The Morgan fingerprint density at radius 2 is 1.67 bits per heavy atom. The lowest BCUT2D eigenvalue weighted by atomic mass is 10.1. The van der Waals surface area contributed by atoms with Crippen molar-refractivity contribution in [1.29, 1.82) is 0 Å². The van der Waals surface area contributed by atoms with Crippen molar-refractivity contribution in [3.8, 4) is 0 Å². The number of primary sulfonamides is 1. The number of nitrogens with one attached hydrogen (secondary N) is 1. The number of guanidine groups is 1. The first-order valence-corrected chi connectivity index (χ1v) is 14.3. The van der Waals surface area contributed by atoms with Crippen LogP contribution in [0, 0.1) is 0 Å². The maximum Gasteiger partial charge on any atom is 0.283 e. The molecule has 3 N–H and O–H groups in total. The van der Waals surface area contributed by atoms with E-state index in [0.717, 1.165) is 5.56 Å². The van der Waals surface area contributed by atoms with Crippen molar-refractivity contribution in [2.75, 3.05) is 18.8 Å². The number of rotatable bonds is 6. The maximum absolute atomic E-state index is 12.7. The minimum atomic E-state index is -4.05. The van der Waals surface area contributed by atoms with Gasteiger partial charge in [0.1, 0.15) is 0 Å². The summed E-state index contributed by atoms with van der Waals surface area (Å²) in [5, 5.41) is 15.1. The molecule has 1 aliphatic rings. The van der Waals surface area contributed by atoms with E-state index in [2.05, 4.69) is 19.9 Å². The van der Waals surface area contributed by atoms with E-state index in [4.69, 9.17) is 16.7 Å². The van der Waals surface area contributed by atoms with Gasteiger partial charge in [-0.1, -0.05) is 60.1 Å². The number of halogens is 1. The zero-order chi connectivity index (χ0) is 26.2. The average molecular weight is 552 g/mol. The highest BCUT2D eigenvalue weighted by molar-refractivity contribution is 7.90. The number of hydrazone groups is 1. The van der Waals surface area contributed by atoms with Gasteiger partial charge in [-0.3, -0.25) is 4.68 Å². The van der Waals surface area contributed by atoms with Gasteiger partial charge in [-0.15, -0.1) is 0 Å². The molecule has 0 amide bonds. The minimum Gasteiger partial charge on any atom is -0.274 e. The van der Waals surface area contributed by atoms with Crippen LogP contribution in [0.4, 0.5) is 0 Å². The lowest BCUT2D eigenvalue weighted by Gasteiger charge is -2.17. The van der Waals surface area contributed by atoms with E-state index in [1.54, 1.807) is 31.3 Å². The molecule has 1 aromatic heterocycles. The van der Waals surface area contributed by atoms with E-state index in [1.165, 1.54) is 22.0 Å². The van der Waals surface area contributed by atoms with Crippen molar-refractivity contribution in [2.24, 2.45) is 22.3 Å². The quantitative estimate of drug-likeness (QED) is 0.352. The topological polar surface area (TPSA) is 152 Å². The lowest BCUT2D eigenvalue weighted by molar-refractivity contribution is 0.475. The number of benzene rings is 2. The summed E-state index contributed by atoms with van der Waals surface area (Å²) in [5.41, 5.74) is 1.54. The maximum atomic E-state index is 12.7. The third-order valence-electron chi connectivity index (χ3n) is 4.72. The van der Waals surface area contributed by atoms with Gasteiger partial charge in [-0.25, -0.2) is 28.3 Å². The van der Waals surface area contributed by atoms with Crippen molar-refractivity contribution >= 4 is 43.3 Å². The number of aryl methyl sites for hydroxylation is 1. The van der Waals surface area contributed by atoms with Crippen molar-refractivity contribution < 1.29 is 16.8 Å². The van der Waals surface area contributed by atoms with Crippen LogP contribution in [0.15, 0.2) is 88.0 Å². The van der Waals surface area contributed by atoms with Crippen LogP contribution in [0.2, 0.25) is 5.02 Å². The third kappa shape index (κ3) is 8.45. The molecule has 192 valence electrons. The normalized spacial score (nSPS) is 14.1. The second kappa shape index (κ2) is 12.1.